The molecule has 3 aromatic rings. The van der Waals surface area contributed by atoms with Crippen molar-refractivity contribution in [3.8, 4) is 0 Å². The van der Waals surface area contributed by atoms with Crippen LogP contribution in [0, 0.1) is 0 Å². The summed E-state index contributed by atoms with van der Waals surface area (Å²) in [5.74, 6) is -0.353. The number of fused-ring (bicyclic) bond motifs is 3. The van der Waals surface area contributed by atoms with Gasteiger partial charge >= 0.3 is 0 Å². The quantitative estimate of drug-likeness (QED) is 0.522. The van der Waals surface area contributed by atoms with E-state index in [-0.39, 0.29) is 23.9 Å². The number of pyridine rings is 1. The van der Waals surface area contributed by atoms with E-state index in [1.54, 1.807) is 17.5 Å². The molecule has 0 atom stereocenters. The van der Waals surface area contributed by atoms with Gasteiger partial charge in [-0.25, -0.2) is 4.98 Å². The molecular weight excluding hydrogens is 414 g/mol. The number of hydrogen-bond donors (Lipinski definition) is 2. The summed E-state index contributed by atoms with van der Waals surface area (Å²) in [7, 11) is 0. The van der Waals surface area contributed by atoms with E-state index in [4.69, 9.17) is 0 Å². The fraction of sp³-hybridized carbons (Fsp3) is 0.409. The number of nitrogens with one attached hydrogen (secondary N) is 2. The number of rotatable bonds is 8. The number of carbonyl (C=O) groups is 2. The Morgan fingerprint density at radius 3 is 2.81 bits per heavy atom. The van der Waals surface area contributed by atoms with E-state index in [1.165, 1.54) is 15.8 Å². The van der Waals surface area contributed by atoms with Gasteiger partial charge in [-0.2, -0.15) is 0 Å². The van der Waals surface area contributed by atoms with Crippen LogP contribution >= 0.6 is 11.3 Å². The summed E-state index contributed by atoms with van der Waals surface area (Å²) in [6, 6.07) is 5.54. The van der Waals surface area contributed by atoms with Crippen molar-refractivity contribution in [2.45, 2.75) is 51.6 Å². The SMILES string of the molecule is O=C(CCCNC(=O)Cn1cnc2sc3c(c2c1=O)CCCC3)NCc1ccccn1. The molecule has 8 nitrogen and oxygen atoms in total. The first-order chi connectivity index (χ1) is 15.1. The zero-order valence-corrected chi connectivity index (χ0v) is 18.0. The molecule has 0 radical (unpaired) electrons. The van der Waals surface area contributed by atoms with E-state index >= 15 is 0 Å². The molecule has 31 heavy (non-hydrogen) atoms. The average Bonchev–Trinajstić information content (AvgIpc) is 3.17. The fourth-order valence-corrected chi connectivity index (χ4v) is 4.98. The standard InChI is InChI=1S/C22H25N5O3S/c28-18(25-12-15-6-3-4-10-23-15)9-5-11-24-19(29)13-27-14-26-21-20(22(27)30)16-7-1-2-8-17(16)31-21/h3-4,6,10,14H,1-2,5,7-9,11-13H2,(H,24,29)(H,25,28). The predicted octanol–water partition coefficient (Wildman–Crippen LogP) is 1.94. The number of aryl methyl sites for hydroxylation is 2. The molecule has 0 spiro atoms. The lowest BCUT2D eigenvalue weighted by Gasteiger charge is -2.10. The lowest BCUT2D eigenvalue weighted by Crippen LogP contribution is -2.33. The highest BCUT2D eigenvalue weighted by Crippen LogP contribution is 2.33. The van der Waals surface area contributed by atoms with Crippen LogP contribution in [0.1, 0.15) is 41.8 Å². The van der Waals surface area contributed by atoms with Crippen LogP contribution in [0.4, 0.5) is 0 Å². The molecular formula is C22H25N5O3S. The maximum absolute atomic E-state index is 12.9. The molecule has 9 heteroatoms. The zero-order chi connectivity index (χ0) is 21.6. The monoisotopic (exact) mass is 439 g/mol. The van der Waals surface area contributed by atoms with Crippen molar-refractivity contribution < 1.29 is 9.59 Å². The highest BCUT2D eigenvalue weighted by Gasteiger charge is 2.20. The fourth-order valence-electron chi connectivity index (χ4n) is 3.76. The number of amides is 2. The smallest absolute Gasteiger partial charge is 0.262 e. The first-order valence-corrected chi connectivity index (χ1v) is 11.4. The third-order valence-corrected chi connectivity index (χ3v) is 6.55. The number of nitrogens with zero attached hydrogens (tertiary/aromatic N) is 3. The minimum Gasteiger partial charge on any atom is -0.355 e. The van der Waals surface area contributed by atoms with Gasteiger partial charge in [0, 0.05) is 24.0 Å². The summed E-state index contributed by atoms with van der Waals surface area (Å²) in [6.07, 6.45) is 8.11. The van der Waals surface area contributed by atoms with Crippen molar-refractivity contribution in [1.29, 1.82) is 0 Å². The van der Waals surface area contributed by atoms with Gasteiger partial charge in [0.1, 0.15) is 11.4 Å². The minimum absolute atomic E-state index is 0.0712. The maximum atomic E-state index is 12.9. The molecule has 0 fully saturated rings. The van der Waals surface area contributed by atoms with Crippen LogP contribution in [0.15, 0.2) is 35.5 Å². The van der Waals surface area contributed by atoms with E-state index in [0.717, 1.165) is 41.8 Å². The molecule has 2 amide bonds. The van der Waals surface area contributed by atoms with E-state index < -0.39 is 0 Å². The molecule has 162 valence electrons. The number of thiophene rings is 1. The van der Waals surface area contributed by atoms with Gasteiger partial charge in [0.25, 0.3) is 5.56 Å². The highest BCUT2D eigenvalue weighted by molar-refractivity contribution is 7.18. The maximum Gasteiger partial charge on any atom is 0.262 e. The lowest BCUT2D eigenvalue weighted by molar-refractivity contribution is -0.123. The van der Waals surface area contributed by atoms with Gasteiger partial charge < -0.3 is 10.6 Å². The van der Waals surface area contributed by atoms with Crippen LogP contribution in [-0.2, 0) is 35.5 Å². The van der Waals surface area contributed by atoms with Gasteiger partial charge in [-0.3, -0.25) is 23.9 Å². The first kappa shape index (κ1) is 21.2. The third kappa shape index (κ3) is 5.16. The van der Waals surface area contributed by atoms with Crippen LogP contribution in [0.5, 0.6) is 0 Å². The summed E-state index contributed by atoms with van der Waals surface area (Å²) in [5.41, 5.74) is 1.77. The van der Waals surface area contributed by atoms with E-state index in [0.29, 0.717) is 31.3 Å². The van der Waals surface area contributed by atoms with Gasteiger partial charge in [-0.05, 0) is 49.8 Å². The van der Waals surface area contributed by atoms with Crippen molar-refractivity contribution in [3.63, 3.8) is 0 Å². The first-order valence-electron chi connectivity index (χ1n) is 10.5. The number of aromatic nitrogens is 3. The van der Waals surface area contributed by atoms with Gasteiger partial charge in [0.05, 0.1) is 24.0 Å². The second kappa shape index (κ2) is 9.82. The van der Waals surface area contributed by atoms with Crippen LogP contribution < -0.4 is 16.2 Å². The molecule has 1 aliphatic rings. The molecule has 1 aliphatic carbocycles. The van der Waals surface area contributed by atoms with Crippen molar-refractivity contribution >= 4 is 33.4 Å². The Hall–Kier alpha value is -3.07. The Bertz CT molecular complexity index is 1140. The average molecular weight is 440 g/mol. The van der Waals surface area contributed by atoms with Crippen LogP contribution in [-0.4, -0.2) is 32.9 Å². The highest BCUT2D eigenvalue weighted by atomic mass is 32.1. The molecule has 3 heterocycles. The molecule has 0 saturated heterocycles. The summed E-state index contributed by atoms with van der Waals surface area (Å²) >= 11 is 1.60. The zero-order valence-electron chi connectivity index (χ0n) is 17.2. The van der Waals surface area contributed by atoms with E-state index in [9.17, 15) is 14.4 Å². The molecule has 0 aromatic carbocycles. The molecule has 0 bridgehead atoms. The Kier molecular flexibility index (Phi) is 6.71. The molecule has 0 saturated carbocycles. The number of hydrogen-bond acceptors (Lipinski definition) is 6. The van der Waals surface area contributed by atoms with Gasteiger partial charge in [0.2, 0.25) is 11.8 Å². The molecule has 0 unspecified atom stereocenters. The molecule has 3 aromatic heterocycles. The lowest BCUT2D eigenvalue weighted by atomic mass is 9.97. The van der Waals surface area contributed by atoms with Crippen molar-refractivity contribution in [3.05, 3.63) is 57.2 Å². The topological polar surface area (TPSA) is 106 Å². The largest absolute Gasteiger partial charge is 0.355 e. The van der Waals surface area contributed by atoms with E-state index in [1.807, 2.05) is 18.2 Å². The molecule has 4 rings (SSSR count). The normalized spacial score (nSPS) is 13.0. The van der Waals surface area contributed by atoms with Crippen LogP contribution in [0.25, 0.3) is 10.2 Å². The second-order valence-corrected chi connectivity index (χ2v) is 8.70. The minimum atomic E-state index is -0.263. The van der Waals surface area contributed by atoms with E-state index in [2.05, 4.69) is 20.6 Å². The van der Waals surface area contributed by atoms with Crippen LogP contribution in [0.3, 0.4) is 0 Å². The van der Waals surface area contributed by atoms with Crippen molar-refractivity contribution in [1.82, 2.24) is 25.2 Å². The van der Waals surface area contributed by atoms with Gasteiger partial charge in [-0.15, -0.1) is 11.3 Å². The summed E-state index contributed by atoms with van der Waals surface area (Å²) < 4.78 is 1.37. The Labute approximate surface area is 183 Å². The van der Waals surface area contributed by atoms with Gasteiger partial charge in [-0.1, -0.05) is 6.07 Å². The summed E-state index contributed by atoms with van der Waals surface area (Å²) in [6.45, 7) is 0.684. The Balaban J connectivity index is 1.24. The van der Waals surface area contributed by atoms with Crippen molar-refractivity contribution in [2.24, 2.45) is 0 Å². The molecule has 0 aliphatic heterocycles. The second-order valence-electron chi connectivity index (χ2n) is 7.62. The van der Waals surface area contributed by atoms with Crippen LogP contribution in [0.2, 0.25) is 0 Å². The third-order valence-electron chi connectivity index (χ3n) is 5.35. The Morgan fingerprint density at radius 2 is 1.97 bits per heavy atom. The molecule has 2 N–H and O–H groups in total. The van der Waals surface area contributed by atoms with Gasteiger partial charge in [0.15, 0.2) is 0 Å². The Morgan fingerprint density at radius 1 is 1.10 bits per heavy atom. The predicted molar refractivity (Wildman–Crippen MR) is 119 cm³/mol. The summed E-state index contributed by atoms with van der Waals surface area (Å²) in [5, 5.41) is 6.26. The summed E-state index contributed by atoms with van der Waals surface area (Å²) in [4.78, 5) is 47.7. The van der Waals surface area contributed by atoms with Crippen molar-refractivity contribution in [2.75, 3.05) is 6.54 Å². The number of carbonyl (C=O) groups excluding carboxylic acids is 2.